The monoisotopic (exact) mass is 1870 g/mol. The second-order valence-electron chi connectivity index (χ2n) is 39.0. The number of hydrogen-bond acceptors (Lipinski definition) is 25. The summed E-state index contributed by atoms with van der Waals surface area (Å²) in [6.07, 6.45) is 19.9. The van der Waals surface area contributed by atoms with E-state index in [-0.39, 0.29) is 44.6 Å². The van der Waals surface area contributed by atoms with Crippen LogP contribution in [0.5, 0.6) is 17.6 Å². The lowest BCUT2D eigenvalue weighted by molar-refractivity contribution is -0.893. The van der Waals surface area contributed by atoms with E-state index < -0.39 is 0 Å². The number of quaternary nitrogens is 5. The zero-order chi connectivity index (χ0) is 94.1. The summed E-state index contributed by atoms with van der Waals surface area (Å²) in [4.78, 5) is 20.9. The minimum absolute atomic E-state index is 0. The van der Waals surface area contributed by atoms with Gasteiger partial charge < -0.3 is 161 Å². The third kappa shape index (κ3) is 27.7. The Bertz CT molecular complexity index is 5720. The van der Waals surface area contributed by atoms with E-state index in [1.54, 1.807) is 18.4 Å². The maximum Gasteiger partial charge on any atom is 0.257 e. The van der Waals surface area contributed by atoms with Gasteiger partial charge >= 0.3 is 0 Å². The first kappa shape index (κ1) is 113. The molecular weight excluding hydrogens is 1700 g/mol. The molecule has 13 aromatic heterocycles. The molecule has 3 saturated heterocycles. The van der Waals surface area contributed by atoms with E-state index in [4.69, 9.17) is 53.7 Å². The van der Waals surface area contributed by atoms with E-state index in [0.29, 0.717) is 72.3 Å². The van der Waals surface area contributed by atoms with Gasteiger partial charge in [0.1, 0.15) is 125 Å². The molecule has 38 nitrogen and oxygen atoms in total. The summed E-state index contributed by atoms with van der Waals surface area (Å²) >= 11 is 0. The number of fused-ring (bicyclic) bond motifs is 6. The SMILES string of the molecule is CN(C)c1cccn2nc(N3CCC([N+](C)(C)C)C3)c(N)c12.CN(C)c1cccn2nc(N3CC[NH+](C)CC3)c(N)c12.CN(C)c1cccn2nc(NCC[N+](C)(C)C)c(N)c12.CN(C)c1cccn2nc(OCCN3CCC([N+](C)(C)C)C3)c(N)c12.CN(C)c1cccn2nc(OCC[N+](C)(C)C)c(N)c12.CN(C)c1cccn2nc(OCCn3cc[n+](C)c3)c(N)c12.[CH3-].[CH3-].[CH3-].[CH3-].[CH3-].[CH3-]. The predicted molar refractivity (Wildman–Crippen MR) is 569 cm³/mol. The second kappa shape index (κ2) is 47.6. The van der Waals surface area contributed by atoms with Crippen molar-refractivity contribution in [2.24, 2.45) is 7.05 Å². The van der Waals surface area contributed by atoms with Crippen molar-refractivity contribution in [1.82, 2.24) is 67.2 Å². The first-order valence-electron chi connectivity index (χ1n) is 44.3. The van der Waals surface area contributed by atoms with Crippen LogP contribution in [0.3, 0.4) is 0 Å². The van der Waals surface area contributed by atoms with Crippen molar-refractivity contribution in [1.29, 1.82) is 0 Å². The molecule has 0 radical (unpaired) electrons. The molecule has 0 spiro atoms. The number of aromatic nitrogens is 14. The van der Waals surface area contributed by atoms with E-state index in [1.165, 1.54) is 12.8 Å². The summed E-state index contributed by atoms with van der Waals surface area (Å²) in [5.41, 5.74) is 53.8. The number of piperazine rings is 1. The number of anilines is 15. The van der Waals surface area contributed by atoms with Crippen LogP contribution in [-0.4, -0.2) is 372 Å². The van der Waals surface area contributed by atoms with Gasteiger partial charge in [0, 0.05) is 154 Å². The number of nitrogens with zero attached hydrogens (tertiary/aromatic N) is 27. The topological polar surface area (TPSA) is 342 Å². The number of likely N-dealkylation sites (N-methyl/N-ethyl adjacent to an activating group) is 5. The number of ether oxygens (including phenoxy) is 3. The zero-order valence-electron chi connectivity index (χ0n) is 87.8. The molecule has 0 amide bonds. The Kier molecular flexibility index (Phi) is 39.9. The molecule has 2 atom stereocenters. The number of hydrogen-bond donors (Lipinski definition) is 8. The van der Waals surface area contributed by atoms with E-state index >= 15 is 0 Å². The molecule has 13 aromatic rings. The molecule has 3 fully saturated rings. The summed E-state index contributed by atoms with van der Waals surface area (Å²) in [6, 6.07) is 25.4. The van der Waals surface area contributed by atoms with Crippen LogP contribution in [0.4, 0.5) is 85.7 Å². The number of aryl methyl sites for hydroxylation is 1. The van der Waals surface area contributed by atoms with Crippen molar-refractivity contribution in [3.8, 4) is 17.6 Å². The fourth-order valence-electron chi connectivity index (χ4n) is 16.0. The molecule has 16 rings (SSSR count). The number of imidazole rings is 1. The Balaban J connectivity index is 0.000000284. The zero-order valence-corrected chi connectivity index (χ0v) is 87.8. The van der Waals surface area contributed by atoms with Crippen molar-refractivity contribution in [2.45, 2.75) is 31.5 Å². The second-order valence-corrected chi connectivity index (χ2v) is 39.0. The molecule has 38 heteroatoms. The van der Waals surface area contributed by atoms with E-state index in [0.717, 1.165) is 199 Å². The van der Waals surface area contributed by atoms with Crippen molar-refractivity contribution in [3.63, 3.8) is 0 Å². The molecule has 0 aliphatic carbocycles. The number of rotatable bonds is 26. The molecule has 14 N–H and O–H groups in total. The highest BCUT2D eigenvalue weighted by Gasteiger charge is 2.36. The molecule has 750 valence electrons. The Hall–Kier alpha value is -12.5. The average molecular weight is 1870 g/mol. The van der Waals surface area contributed by atoms with Gasteiger partial charge in [-0.15, -0.1) is 30.6 Å². The highest BCUT2D eigenvalue weighted by Crippen LogP contribution is 2.39. The van der Waals surface area contributed by atoms with Crippen LogP contribution in [-0.2, 0) is 13.6 Å². The normalized spacial score (nSPS) is 14.4. The number of pyridine rings is 6. The van der Waals surface area contributed by atoms with Gasteiger partial charge in [-0.2, -0.15) is 0 Å². The highest BCUT2D eigenvalue weighted by atomic mass is 16.5. The van der Waals surface area contributed by atoms with Gasteiger partial charge in [-0.25, -0.2) is 36.2 Å². The third-order valence-electron chi connectivity index (χ3n) is 23.7. The Labute approximate surface area is 806 Å². The molecule has 2 unspecified atom stereocenters. The van der Waals surface area contributed by atoms with Gasteiger partial charge in [0.15, 0.2) is 17.5 Å². The first-order valence-corrected chi connectivity index (χ1v) is 44.3. The van der Waals surface area contributed by atoms with Crippen LogP contribution in [0.2, 0.25) is 0 Å². The number of likely N-dealkylation sites (tertiary alicyclic amines) is 1. The number of nitrogens with two attached hydrogens (primary N) is 6. The Morgan fingerprint density at radius 2 is 0.719 bits per heavy atom. The van der Waals surface area contributed by atoms with Gasteiger partial charge in [-0.05, 0) is 72.8 Å². The molecule has 16 heterocycles. The molecule has 0 aromatic carbocycles. The highest BCUT2D eigenvalue weighted by molar-refractivity contribution is 5.94. The predicted octanol–water partition coefficient (Wildman–Crippen LogP) is 7.28. The summed E-state index contributed by atoms with van der Waals surface area (Å²) in [5.74, 6) is 4.11. The minimum atomic E-state index is 0. The smallest absolute Gasteiger partial charge is 0.257 e. The quantitative estimate of drug-likeness (QED) is 0.0150. The Morgan fingerprint density at radius 3 is 1.06 bits per heavy atom. The third-order valence-corrected chi connectivity index (χ3v) is 23.7. The lowest BCUT2D eigenvalue weighted by atomic mass is 10.2. The first-order chi connectivity index (χ1) is 60.8. The van der Waals surface area contributed by atoms with Crippen molar-refractivity contribution < 1.29 is 41.6 Å². The van der Waals surface area contributed by atoms with Crippen molar-refractivity contribution in [3.05, 3.63) is 173 Å². The van der Waals surface area contributed by atoms with Crippen LogP contribution in [0.25, 0.3) is 33.1 Å². The van der Waals surface area contributed by atoms with E-state index in [1.807, 2.05) is 246 Å². The van der Waals surface area contributed by atoms with Gasteiger partial charge in [0.25, 0.3) is 17.6 Å². The van der Waals surface area contributed by atoms with Crippen LogP contribution >= 0.6 is 0 Å². The molecule has 0 bridgehead atoms. The van der Waals surface area contributed by atoms with Gasteiger partial charge in [0.05, 0.1) is 185 Å². The average Bonchev–Trinajstić information content (AvgIpc) is 1.61. The number of nitrogen functional groups attached to an aromatic ring is 6. The fourth-order valence-corrected chi connectivity index (χ4v) is 16.0. The van der Waals surface area contributed by atoms with Crippen molar-refractivity contribution in [2.75, 3.05) is 353 Å². The van der Waals surface area contributed by atoms with Gasteiger partial charge in [-0.3, -0.25) is 4.90 Å². The van der Waals surface area contributed by atoms with Crippen molar-refractivity contribution >= 4 is 119 Å². The summed E-state index contributed by atoms with van der Waals surface area (Å²) < 4.78 is 36.2. The minimum Gasteiger partial charge on any atom is -0.474 e. The molecule has 0 saturated carbocycles. The van der Waals surface area contributed by atoms with E-state index in [2.05, 4.69) is 164 Å². The largest absolute Gasteiger partial charge is 0.474 e. The lowest BCUT2D eigenvalue weighted by Gasteiger charge is -2.31. The van der Waals surface area contributed by atoms with Gasteiger partial charge in [0.2, 0.25) is 6.33 Å². The Morgan fingerprint density at radius 1 is 0.393 bits per heavy atom. The van der Waals surface area contributed by atoms with Crippen LogP contribution in [0.15, 0.2) is 129 Å². The maximum atomic E-state index is 6.46. The van der Waals surface area contributed by atoms with Gasteiger partial charge in [-0.1, -0.05) is 0 Å². The summed E-state index contributed by atoms with van der Waals surface area (Å²) in [6.45, 7) is 14.7. The fraction of sp³-hybridized carbons (Fsp3) is 0.474. The van der Waals surface area contributed by atoms with Crippen LogP contribution < -0.4 is 103 Å². The van der Waals surface area contributed by atoms with Crippen LogP contribution in [0.1, 0.15) is 12.8 Å². The van der Waals surface area contributed by atoms with Crippen LogP contribution in [0, 0.1) is 44.6 Å². The summed E-state index contributed by atoms with van der Waals surface area (Å²) in [5, 5.41) is 30.6. The number of nitrogens with one attached hydrogen (secondary N) is 2. The lowest BCUT2D eigenvalue weighted by Crippen LogP contribution is -3.12. The molecule has 135 heavy (non-hydrogen) atoms. The summed E-state index contributed by atoms with van der Waals surface area (Å²) in [7, 11) is 54.7. The standard InChI is InChI=1S/C18H31N6O.C16H27N6.C15H21N6O.C14H22N6.C14H25N6.C14H24N5O.6CH3/c1-21(2)15-7-6-9-23-17(15)16(19)18(20-23)25-12-11-22-10-8-14(13-22)24(3,4)5;1-19(2)13-7-6-9-21-15(13)14(17)16(18-21)20-10-8-12(11-20)22(3,4)5;1-18(2)12-5-4-6-21-14(12)13(16)15(17-21)22-10-9-20-8-7-19(3)11-20;1-17(2)11-5-4-6-20-13(11)12(15)14(16-20)19-9-7-18(3)8-10-19;1-18(2)11-7-6-9-19-13(11)12(15)14(17-19)16-8-10-20(3,4)5;1-17(2)11-7-6-8-18-13(11)12(15)14(16-18)20-10-9-19(3,4)5;;;;;;/h6-7,9,14H,8,10-13,19H2,1-5H3;6-7,9,12H,8,10-11,17H2,1-5H3;4-8,11H,9-10,16H2,1-3H3;4-6H,7-10,15H2,1-3H3;6-7,9H,8,10,15H2,1-5H3,(H,16,17);6-8H,9-10,15H2,1-5H3;6*1H3/q3*+1;;2*+1;6*-1/p+1. The maximum absolute atomic E-state index is 6.46. The molecule has 3 aliphatic rings. The molecular formula is C97H169N35O3. The van der Waals surface area contributed by atoms with E-state index in [9.17, 15) is 0 Å². The molecule has 3 aliphatic heterocycles.